The molecule has 0 amide bonds. The molecular formula is C12H17ClFNO. The van der Waals surface area contributed by atoms with Crippen molar-refractivity contribution in [3.05, 3.63) is 34.6 Å². The van der Waals surface area contributed by atoms with E-state index in [4.69, 9.17) is 17.3 Å². The van der Waals surface area contributed by atoms with Crippen molar-refractivity contribution in [3.8, 4) is 0 Å². The number of aliphatic hydroxyl groups excluding tert-OH is 1. The highest BCUT2D eigenvalue weighted by atomic mass is 35.5. The standard InChI is InChI=1S/C12H17ClFNO/c1-7(2)6-10(16)12(15)11-8(13)4-3-5-9(11)14/h3-5,7,10,12,16H,6,15H2,1-2H3/t10-,12-/m1/s1. The van der Waals surface area contributed by atoms with Crippen LogP contribution < -0.4 is 5.73 Å². The Labute approximate surface area is 100 Å². The molecule has 0 aliphatic carbocycles. The molecule has 0 saturated heterocycles. The maximum absolute atomic E-state index is 13.5. The van der Waals surface area contributed by atoms with Crippen molar-refractivity contribution >= 4 is 11.6 Å². The molecule has 0 saturated carbocycles. The smallest absolute Gasteiger partial charge is 0.129 e. The molecule has 0 aromatic heterocycles. The quantitative estimate of drug-likeness (QED) is 0.857. The fourth-order valence-electron chi connectivity index (χ4n) is 1.65. The van der Waals surface area contributed by atoms with Crippen LogP contribution in [-0.2, 0) is 0 Å². The Kier molecular flexibility index (Phi) is 4.71. The summed E-state index contributed by atoms with van der Waals surface area (Å²) >= 11 is 5.87. The number of halogens is 2. The van der Waals surface area contributed by atoms with Gasteiger partial charge < -0.3 is 10.8 Å². The number of aliphatic hydroxyl groups is 1. The summed E-state index contributed by atoms with van der Waals surface area (Å²) in [5.41, 5.74) is 6.01. The molecule has 1 aromatic carbocycles. The van der Waals surface area contributed by atoms with Crippen molar-refractivity contribution in [3.63, 3.8) is 0 Å². The van der Waals surface area contributed by atoms with E-state index in [0.29, 0.717) is 12.3 Å². The third kappa shape index (κ3) is 3.17. The summed E-state index contributed by atoms with van der Waals surface area (Å²) in [6.07, 6.45) is -0.263. The molecule has 2 nitrogen and oxygen atoms in total. The summed E-state index contributed by atoms with van der Waals surface area (Å²) in [6, 6.07) is 3.60. The van der Waals surface area contributed by atoms with Gasteiger partial charge in [0.05, 0.1) is 12.1 Å². The molecule has 2 atom stereocenters. The minimum atomic E-state index is -0.783. The van der Waals surface area contributed by atoms with E-state index in [0.717, 1.165) is 0 Å². The summed E-state index contributed by atoms with van der Waals surface area (Å²) in [5.74, 6) is -0.172. The maximum atomic E-state index is 13.5. The van der Waals surface area contributed by atoms with E-state index >= 15 is 0 Å². The van der Waals surface area contributed by atoms with Gasteiger partial charge in [0.2, 0.25) is 0 Å². The van der Waals surface area contributed by atoms with Crippen LogP contribution in [0.4, 0.5) is 4.39 Å². The Morgan fingerprint density at radius 3 is 2.56 bits per heavy atom. The predicted octanol–water partition coefficient (Wildman–Crippen LogP) is 2.89. The van der Waals surface area contributed by atoms with Gasteiger partial charge in [-0.15, -0.1) is 0 Å². The van der Waals surface area contributed by atoms with Crippen molar-refractivity contribution in [2.45, 2.75) is 32.4 Å². The molecule has 1 aromatic rings. The number of rotatable bonds is 4. The number of nitrogens with two attached hydrogens (primary N) is 1. The third-order valence-corrected chi connectivity index (χ3v) is 2.79. The first-order valence-electron chi connectivity index (χ1n) is 5.31. The Morgan fingerprint density at radius 2 is 2.06 bits per heavy atom. The average Bonchev–Trinajstić information content (AvgIpc) is 2.16. The lowest BCUT2D eigenvalue weighted by Gasteiger charge is -2.22. The van der Waals surface area contributed by atoms with Gasteiger partial charge in [-0.25, -0.2) is 4.39 Å². The highest BCUT2D eigenvalue weighted by Crippen LogP contribution is 2.28. The monoisotopic (exact) mass is 245 g/mol. The van der Waals surface area contributed by atoms with Crippen molar-refractivity contribution in [1.29, 1.82) is 0 Å². The van der Waals surface area contributed by atoms with Crippen molar-refractivity contribution in [2.24, 2.45) is 11.7 Å². The first-order chi connectivity index (χ1) is 7.43. The van der Waals surface area contributed by atoms with Gasteiger partial charge >= 0.3 is 0 Å². The molecule has 0 aliphatic rings. The molecule has 16 heavy (non-hydrogen) atoms. The zero-order valence-electron chi connectivity index (χ0n) is 9.45. The first-order valence-corrected chi connectivity index (χ1v) is 5.68. The summed E-state index contributed by atoms with van der Waals surface area (Å²) < 4.78 is 13.5. The lowest BCUT2D eigenvalue weighted by molar-refractivity contribution is 0.119. The van der Waals surface area contributed by atoms with Gasteiger partial charge in [0.1, 0.15) is 5.82 Å². The van der Waals surface area contributed by atoms with Crippen LogP contribution in [0.1, 0.15) is 31.9 Å². The zero-order chi connectivity index (χ0) is 12.3. The van der Waals surface area contributed by atoms with Gasteiger partial charge in [-0.1, -0.05) is 31.5 Å². The van der Waals surface area contributed by atoms with Crippen LogP contribution in [0.15, 0.2) is 18.2 Å². The minimum Gasteiger partial charge on any atom is -0.391 e. The highest BCUT2D eigenvalue weighted by molar-refractivity contribution is 6.31. The largest absolute Gasteiger partial charge is 0.391 e. The molecule has 4 heteroatoms. The van der Waals surface area contributed by atoms with E-state index < -0.39 is 18.0 Å². The van der Waals surface area contributed by atoms with E-state index in [9.17, 15) is 9.50 Å². The summed E-state index contributed by atoms with van der Waals surface area (Å²) in [7, 11) is 0. The molecule has 0 heterocycles. The molecule has 0 radical (unpaired) electrons. The van der Waals surface area contributed by atoms with E-state index in [1.165, 1.54) is 12.1 Å². The van der Waals surface area contributed by atoms with Crippen molar-refractivity contribution < 1.29 is 9.50 Å². The van der Waals surface area contributed by atoms with Crippen LogP contribution in [0.5, 0.6) is 0 Å². The predicted molar refractivity (Wildman–Crippen MR) is 63.8 cm³/mol. The molecule has 0 bridgehead atoms. The Morgan fingerprint density at radius 1 is 1.44 bits per heavy atom. The summed E-state index contributed by atoms with van der Waals surface area (Å²) in [5, 5.41) is 10.1. The molecule has 90 valence electrons. The molecule has 0 unspecified atom stereocenters. The van der Waals surface area contributed by atoms with Gasteiger partial charge in [-0.3, -0.25) is 0 Å². The van der Waals surface area contributed by atoms with Gasteiger partial charge in [-0.2, -0.15) is 0 Å². The number of hydrogen-bond acceptors (Lipinski definition) is 2. The molecule has 0 aliphatic heterocycles. The van der Waals surface area contributed by atoms with Crippen LogP contribution in [0.2, 0.25) is 5.02 Å². The van der Waals surface area contributed by atoms with Crippen LogP contribution in [0, 0.1) is 11.7 Å². The number of benzene rings is 1. The third-order valence-electron chi connectivity index (χ3n) is 2.46. The summed E-state index contributed by atoms with van der Waals surface area (Å²) in [6.45, 7) is 3.94. The van der Waals surface area contributed by atoms with Gasteiger partial charge in [0.25, 0.3) is 0 Å². The van der Waals surface area contributed by atoms with Crippen LogP contribution in [0.25, 0.3) is 0 Å². The zero-order valence-corrected chi connectivity index (χ0v) is 10.2. The van der Waals surface area contributed by atoms with E-state index in [1.54, 1.807) is 6.07 Å². The first kappa shape index (κ1) is 13.4. The minimum absolute atomic E-state index is 0.192. The Bertz CT molecular complexity index is 337. The average molecular weight is 246 g/mol. The van der Waals surface area contributed by atoms with Crippen molar-refractivity contribution in [2.75, 3.05) is 0 Å². The van der Waals surface area contributed by atoms with Gasteiger partial charge in [0.15, 0.2) is 0 Å². The van der Waals surface area contributed by atoms with Crippen molar-refractivity contribution in [1.82, 2.24) is 0 Å². The van der Waals surface area contributed by atoms with Gasteiger partial charge in [-0.05, 0) is 24.5 Å². The van der Waals surface area contributed by atoms with Gasteiger partial charge in [0, 0.05) is 10.6 Å². The van der Waals surface area contributed by atoms with Crippen LogP contribution in [-0.4, -0.2) is 11.2 Å². The second-order valence-corrected chi connectivity index (χ2v) is 4.77. The van der Waals surface area contributed by atoms with E-state index in [2.05, 4.69) is 0 Å². The lowest BCUT2D eigenvalue weighted by atomic mass is 9.95. The molecular weight excluding hydrogens is 229 g/mol. The van der Waals surface area contributed by atoms with E-state index in [-0.39, 0.29) is 10.6 Å². The normalized spacial score (nSPS) is 15.2. The highest BCUT2D eigenvalue weighted by Gasteiger charge is 2.23. The second kappa shape index (κ2) is 5.62. The van der Waals surface area contributed by atoms with Crippen LogP contribution in [0.3, 0.4) is 0 Å². The molecule has 1 rings (SSSR count). The van der Waals surface area contributed by atoms with Crippen LogP contribution >= 0.6 is 11.6 Å². The SMILES string of the molecule is CC(C)C[C@@H](O)[C@@H](N)c1c(F)cccc1Cl. The summed E-state index contributed by atoms with van der Waals surface area (Å²) in [4.78, 5) is 0. The molecule has 0 spiro atoms. The Hall–Kier alpha value is -0.640. The fraction of sp³-hybridized carbons (Fsp3) is 0.500. The lowest BCUT2D eigenvalue weighted by Crippen LogP contribution is -2.28. The molecule has 3 N–H and O–H groups in total. The topological polar surface area (TPSA) is 46.2 Å². The maximum Gasteiger partial charge on any atom is 0.129 e. The Balaban J connectivity index is 2.91. The fourth-order valence-corrected chi connectivity index (χ4v) is 1.94. The second-order valence-electron chi connectivity index (χ2n) is 4.36. The van der Waals surface area contributed by atoms with E-state index in [1.807, 2.05) is 13.8 Å². The number of hydrogen-bond donors (Lipinski definition) is 2. The molecule has 0 fully saturated rings.